The summed E-state index contributed by atoms with van der Waals surface area (Å²) in [5.41, 5.74) is 0. The molecule has 6 heteroatoms. The minimum atomic E-state index is -0.318. The first kappa shape index (κ1) is 12.6. The number of hydrogen-bond donors (Lipinski definition) is 2. The number of amides is 1. The Labute approximate surface area is 95.4 Å². The highest BCUT2D eigenvalue weighted by molar-refractivity contribution is 5.79. The predicted octanol–water partition coefficient (Wildman–Crippen LogP) is -0.0467. The second-order valence-electron chi connectivity index (χ2n) is 3.95. The van der Waals surface area contributed by atoms with E-state index in [1.807, 2.05) is 0 Å². The summed E-state index contributed by atoms with van der Waals surface area (Å²) < 4.78 is 1.53. The monoisotopic (exact) mass is 225 g/mol. The zero-order valence-corrected chi connectivity index (χ0v) is 9.97. The third-order valence-electron chi connectivity index (χ3n) is 2.19. The van der Waals surface area contributed by atoms with Gasteiger partial charge in [-0.05, 0) is 6.92 Å². The van der Waals surface area contributed by atoms with E-state index < -0.39 is 0 Å². The van der Waals surface area contributed by atoms with E-state index in [1.54, 1.807) is 6.92 Å². The number of aromatic nitrogens is 3. The third-order valence-corrected chi connectivity index (χ3v) is 2.19. The van der Waals surface area contributed by atoms with Gasteiger partial charge in [-0.15, -0.1) is 0 Å². The molecule has 90 valence electrons. The van der Waals surface area contributed by atoms with Crippen molar-refractivity contribution in [1.29, 1.82) is 0 Å². The van der Waals surface area contributed by atoms with E-state index in [1.165, 1.54) is 17.3 Å². The fourth-order valence-corrected chi connectivity index (χ4v) is 1.23. The minimum Gasteiger partial charge on any atom is -0.353 e. The summed E-state index contributed by atoms with van der Waals surface area (Å²) in [5, 5.41) is 9.98. The maximum atomic E-state index is 11.7. The highest BCUT2D eigenvalue weighted by Gasteiger charge is 2.14. The second kappa shape index (κ2) is 6.22. The number of carbonyl (C=O) groups excluding carboxylic acids is 1. The SMILES string of the molecule is CC(C)NCCNC(=O)C(C)n1cncn1. The van der Waals surface area contributed by atoms with Crippen LogP contribution in [0.25, 0.3) is 0 Å². The first-order valence-corrected chi connectivity index (χ1v) is 5.46. The van der Waals surface area contributed by atoms with Gasteiger partial charge in [0.05, 0.1) is 0 Å². The van der Waals surface area contributed by atoms with Gasteiger partial charge in [-0.25, -0.2) is 9.67 Å². The van der Waals surface area contributed by atoms with Crippen LogP contribution < -0.4 is 10.6 Å². The Morgan fingerprint density at radius 3 is 2.69 bits per heavy atom. The van der Waals surface area contributed by atoms with E-state index in [4.69, 9.17) is 0 Å². The lowest BCUT2D eigenvalue weighted by atomic mass is 10.3. The first-order valence-electron chi connectivity index (χ1n) is 5.46. The van der Waals surface area contributed by atoms with Crippen molar-refractivity contribution in [2.45, 2.75) is 32.9 Å². The number of rotatable bonds is 6. The van der Waals surface area contributed by atoms with Crippen molar-refractivity contribution in [2.75, 3.05) is 13.1 Å². The summed E-state index contributed by atoms with van der Waals surface area (Å²) in [7, 11) is 0. The second-order valence-corrected chi connectivity index (χ2v) is 3.95. The molecule has 0 spiro atoms. The van der Waals surface area contributed by atoms with E-state index in [-0.39, 0.29) is 11.9 Å². The van der Waals surface area contributed by atoms with Crippen LogP contribution in [0.5, 0.6) is 0 Å². The lowest BCUT2D eigenvalue weighted by molar-refractivity contribution is -0.124. The Bertz CT molecular complexity index is 309. The van der Waals surface area contributed by atoms with Crippen LogP contribution >= 0.6 is 0 Å². The van der Waals surface area contributed by atoms with E-state index in [0.29, 0.717) is 12.6 Å². The topological polar surface area (TPSA) is 71.8 Å². The van der Waals surface area contributed by atoms with Gasteiger partial charge in [-0.3, -0.25) is 4.79 Å². The van der Waals surface area contributed by atoms with Crippen molar-refractivity contribution < 1.29 is 4.79 Å². The van der Waals surface area contributed by atoms with Crippen molar-refractivity contribution in [3.8, 4) is 0 Å². The van der Waals surface area contributed by atoms with Crippen LogP contribution in [0.1, 0.15) is 26.8 Å². The Balaban J connectivity index is 2.25. The molecule has 0 aromatic carbocycles. The standard InChI is InChI=1S/C10H19N5O/c1-8(2)12-4-5-13-10(16)9(3)15-7-11-6-14-15/h6-9,12H,4-5H2,1-3H3,(H,13,16). The van der Waals surface area contributed by atoms with Gasteiger partial charge in [0.25, 0.3) is 0 Å². The molecule has 1 atom stereocenters. The van der Waals surface area contributed by atoms with Gasteiger partial charge >= 0.3 is 0 Å². The average Bonchev–Trinajstić information content (AvgIpc) is 2.76. The smallest absolute Gasteiger partial charge is 0.244 e. The van der Waals surface area contributed by atoms with Gasteiger partial charge in [0.1, 0.15) is 18.7 Å². The Morgan fingerprint density at radius 1 is 1.38 bits per heavy atom. The summed E-state index contributed by atoms with van der Waals surface area (Å²) in [6, 6.07) is 0.117. The summed E-state index contributed by atoms with van der Waals surface area (Å²) in [6.07, 6.45) is 2.96. The quantitative estimate of drug-likeness (QED) is 0.666. The van der Waals surface area contributed by atoms with Crippen molar-refractivity contribution in [2.24, 2.45) is 0 Å². The van der Waals surface area contributed by atoms with Crippen LogP contribution in [0, 0.1) is 0 Å². The molecule has 0 bridgehead atoms. The van der Waals surface area contributed by atoms with E-state index in [2.05, 4.69) is 34.6 Å². The summed E-state index contributed by atoms with van der Waals surface area (Å²) in [5.74, 6) is -0.0453. The van der Waals surface area contributed by atoms with Crippen LogP contribution in [0.4, 0.5) is 0 Å². The average molecular weight is 225 g/mol. The van der Waals surface area contributed by atoms with Crippen molar-refractivity contribution in [3.63, 3.8) is 0 Å². The maximum Gasteiger partial charge on any atom is 0.244 e. The molecule has 1 aromatic rings. The van der Waals surface area contributed by atoms with Gasteiger partial charge in [-0.1, -0.05) is 13.8 Å². The van der Waals surface area contributed by atoms with E-state index in [0.717, 1.165) is 6.54 Å². The number of nitrogens with one attached hydrogen (secondary N) is 2. The van der Waals surface area contributed by atoms with Crippen LogP contribution in [-0.2, 0) is 4.79 Å². The fraction of sp³-hybridized carbons (Fsp3) is 0.700. The molecule has 16 heavy (non-hydrogen) atoms. The molecule has 0 radical (unpaired) electrons. The van der Waals surface area contributed by atoms with E-state index >= 15 is 0 Å². The maximum absolute atomic E-state index is 11.7. The van der Waals surface area contributed by atoms with Crippen LogP contribution in [0.15, 0.2) is 12.7 Å². The highest BCUT2D eigenvalue weighted by atomic mass is 16.2. The van der Waals surface area contributed by atoms with Crippen LogP contribution in [0.3, 0.4) is 0 Å². The number of hydrogen-bond acceptors (Lipinski definition) is 4. The predicted molar refractivity (Wildman–Crippen MR) is 60.9 cm³/mol. The Morgan fingerprint density at radius 2 is 2.12 bits per heavy atom. The Hall–Kier alpha value is -1.43. The molecule has 2 N–H and O–H groups in total. The molecule has 0 saturated heterocycles. The zero-order valence-electron chi connectivity index (χ0n) is 9.97. The molecule has 1 rings (SSSR count). The summed E-state index contributed by atoms with van der Waals surface area (Å²) in [6.45, 7) is 7.32. The molecule has 1 heterocycles. The van der Waals surface area contributed by atoms with Crippen molar-refractivity contribution >= 4 is 5.91 Å². The molecular formula is C10H19N5O. The largest absolute Gasteiger partial charge is 0.353 e. The van der Waals surface area contributed by atoms with Crippen molar-refractivity contribution in [1.82, 2.24) is 25.4 Å². The molecule has 1 aromatic heterocycles. The Kier molecular flexibility index (Phi) is 4.91. The van der Waals surface area contributed by atoms with Gasteiger partial charge in [-0.2, -0.15) is 5.10 Å². The van der Waals surface area contributed by atoms with Gasteiger partial charge in [0, 0.05) is 19.1 Å². The lowest BCUT2D eigenvalue weighted by Crippen LogP contribution is -2.37. The van der Waals surface area contributed by atoms with Crippen molar-refractivity contribution in [3.05, 3.63) is 12.7 Å². The summed E-state index contributed by atoms with van der Waals surface area (Å²) in [4.78, 5) is 15.5. The molecule has 0 aliphatic rings. The number of carbonyl (C=O) groups is 1. The highest BCUT2D eigenvalue weighted by Crippen LogP contribution is 2.00. The lowest BCUT2D eigenvalue weighted by Gasteiger charge is -2.13. The van der Waals surface area contributed by atoms with Gasteiger partial charge in [0.15, 0.2) is 0 Å². The molecular weight excluding hydrogens is 206 g/mol. The summed E-state index contributed by atoms with van der Waals surface area (Å²) >= 11 is 0. The van der Waals surface area contributed by atoms with Crippen LogP contribution in [0.2, 0.25) is 0 Å². The fourth-order valence-electron chi connectivity index (χ4n) is 1.23. The molecule has 1 amide bonds. The minimum absolute atomic E-state index is 0.0453. The van der Waals surface area contributed by atoms with E-state index in [9.17, 15) is 4.79 Å². The molecule has 6 nitrogen and oxygen atoms in total. The molecule has 0 saturated carbocycles. The normalized spacial score (nSPS) is 12.8. The van der Waals surface area contributed by atoms with Crippen LogP contribution in [-0.4, -0.2) is 39.8 Å². The first-order chi connectivity index (χ1) is 7.61. The molecule has 0 aliphatic heterocycles. The molecule has 0 fully saturated rings. The molecule has 1 unspecified atom stereocenters. The zero-order chi connectivity index (χ0) is 12.0. The third kappa shape index (κ3) is 3.98. The number of nitrogens with zero attached hydrogens (tertiary/aromatic N) is 3. The van der Waals surface area contributed by atoms with Gasteiger partial charge in [0.2, 0.25) is 5.91 Å². The molecule has 0 aliphatic carbocycles. The van der Waals surface area contributed by atoms with Gasteiger partial charge < -0.3 is 10.6 Å².